The molecule has 8 heteroatoms. The third-order valence-corrected chi connectivity index (χ3v) is 7.85. The van der Waals surface area contributed by atoms with E-state index in [2.05, 4.69) is 60.0 Å². The Morgan fingerprint density at radius 1 is 1.19 bits per heavy atom. The molecule has 2 saturated heterocycles. The molecule has 2 fully saturated rings. The van der Waals surface area contributed by atoms with Crippen LogP contribution in [0.3, 0.4) is 0 Å². The summed E-state index contributed by atoms with van der Waals surface area (Å²) >= 11 is 0. The predicted molar refractivity (Wildman–Crippen MR) is 136 cm³/mol. The second kappa shape index (κ2) is 9.09. The Balaban J connectivity index is 1.44. The molecule has 0 spiro atoms. The summed E-state index contributed by atoms with van der Waals surface area (Å²) in [6.45, 7) is 11.0. The largest absolute Gasteiger partial charge is 0.380 e. The Bertz CT molecular complexity index is 1240. The number of amides is 1. The highest BCUT2D eigenvalue weighted by molar-refractivity contribution is 5.74. The Morgan fingerprint density at radius 2 is 1.89 bits per heavy atom. The SMILES string of the molecule is CC(=O)N1CC(Cc2noc(-c3cncc([C@@](O)(c4ccc(C(C)C)cc4)C4(C)CN(C)C4)c3)n2)C1. The van der Waals surface area contributed by atoms with Gasteiger partial charge in [0.2, 0.25) is 5.91 Å². The summed E-state index contributed by atoms with van der Waals surface area (Å²) < 4.78 is 5.58. The fraction of sp³-hybridized carbons (Fsp3) is 0.500. The molecule has 190 valence electrons. The fourth-order valence-electron chi connectivity index (χ4n) is 5.77. The molecule has 2 aliphatic heterocycles. The summed E-state index contributed by atoms with van der Waals surface area (Å²) in [6.07, 6.45) is 4.10. The highest BCUT2D eigenvalue weighted by Gasteiger charge is 2.55. The van der Waals surface area contributed by atoms with Gasteiger partial charge in [-0.15, -0.1) is 0 Å². The number of carbonyl (C=O) groups excluding carboxylic acids is 1. The van der Waals surface area contributed by atoms with Crippen molar-refractivity contribution >= 4 is 5.91 Å². The first-order valence-electron chi connectivity index (χ1n) is 12.6. The molecule has 3 aromatic rings. The second-order valence-corrected chi connectivity index (χ2v) is 11.2. The molecule has 1 amide bonds. The summed E-state index contributed by atoms with van der Waals surface area (Å²) in [4.78, 5) is 24.5. The topological polar surface area (TPSA) is 95.6 Å². The van der Waals surface area contributed by atoms with Gasteiger partial charge in [0.05, 0.1) is 5.56 Å². The molecule has 36 heavy (non-hydrogen) atoms. The molecule has 0 unspecified atom stereocenters. The second-order valence-electron chi connectivity index (χ2n) is 11.2. The first-order valence-corrected chi connectivity index (χ1v) is 12.6. The van der Waals surface area contributed by atoms with Crippen LogP contribution in [0.5, 0.6) is 0 Å². The number of likely N-dealkylation sites (tertiary alicyclic amines) is 2. The zero-order valence-electron chi connectivity index (χ0n) is 21.7. The molecule has 1 N–H and O–H groups in total. The van der Waals surface area contributed by atoms with E-state index in [4.69, 9.17) is 4.52 Å². The lowest BCUT2D eigenvalue weighted by molar-refractivity contribution is -0.135. The quantitative estimate of drug-likeness (QED) is 0.543. The normalized spacial score (nSPS) is 19.6. The first kappa shape index (κ1) is 24.6. The van der Waals surface area contributed by atoms with Gasteiger partial charge in [0.15, 0.2) is 5.82 Å². The predicted octanol–water partition coefficient (Wildman–Crippen LogP) is 3.46. The number of hydrogen-bond acceptors (Lipinski definition) is 7. The molecule has 1 aromatic carbocycles. The van der Waals surface area contributed by atoms with Crippen LogP contribution in [0.2, 0.25) is 0 Å². The van der Waals surface area contributed by atoms with Crippen molar-refractivity contribution in [3.8, 4) is 11.5 Å². The summed E-state index contributed by atoms with van der Waals surface area (Å²) in [7, 11) is 2.07. The van der Waals surface area contributed by atoms with E-state index in [9.17, 15) is 9.90 Å². The highest BCUT2D eigenvalue weighted by atomic mass is 16.5. The highest BCUT2D eigenvalue weighted by Crippen LogP contribution is 2.50. The van der Waals surface area contributed by atoms with Crippen LogP contribution in [0.15, 0.2) is 47.2 Å². The van der Waals surface area contributed by atoms with Crippen LogP contribution in [0.25, 0.3) is 11.5 Å². The number of nitrogens with zero attached hydrogens (tertiary/aromatic N) is 5. The average molecular weight is 490 g/mol. The maximum absolute atomic E-state index is 12.4. The molecule has 0 saturated carbocycles. The Kier molecular flexibility index (Phi) is 6.21. The molecule has 1 atom stereocenters. The van der Waals surface area contributed by atoms with Gasteiger partial charge in [0, 0.05) is 68.8 Å². The summed E-state index contributed by atoms with van der Waals surface area (Å²) in [5.74, 6) is 1.87. The lowest BCUT2D eigenvalue weighted by Crippen LogP contribution is -2.63. The van der Waals surface area contributed by atoms with Gasteiger partial charge in [0.25, 0.3) is 5.89 Å². The molecule has 8 nitrogen and oxygen atoms in total. The van der Waals surface area contributed by atoms with Crippen LogP contribution in [0.4, 0.5) is 0 Å². The standard InChI is InChI=1S/C28H35N5O3/c1-18(2)21-6-8-23(9-7-21)28(35,27(4)16-32(5)17-27)24-11-22(12-29-13-24)26-30-25(31-36-26)10-20-14-33(15-20)19(3)34/h6-9,11-13,18,20,35H,10,14-17H2,1-5H3/t28-/m0/s1. The fourth-order valence-corrected chi connectivity index (χ4v) is 5.77. The number of hydrogen-bond donors (Lipinski definition) is 1. The van der Waals surface area contributed by atoms with Crippen molar-refractivity contribution in [1.82, 2.24) is 24.9 Å². The first-order chi connectivity index (χ1) is 17.1. The van der Waals surface area contributed by atoms with E-state index < -0.39 is 5.60 Å². The molecule has 2 aliphatic rings. The monoisotopic (exact) mass is 489 g/mol. The third-order valence-electron chi connectivity index (χ3n) is 7.85. The van der Waals surface area contributed by atoms with Crippen molar-refractivity contribution in [2.24, 2.45) is 11.3 Å². The molecule has 0 bridgehead atoms. The van der Waals surface area contributed by atoms with Crippen molar-refractivity contribution < 1.29 is 14.4 Å². The van der Waals surface area contributed by atoms with Crippen LogP contribution in [0.1, 0.15) is 56.1 Å². The average Bonchev–Trinajstić information content (AvgIpc) is 3.28. The van der Waals surface area contributed by atoms with Crippen LogP contribution in [0, 0.1) is 11.3 Å². The van der Waals surface area contributed by atoms with Crippen molar-refractivity contribution in [3.63, 3.8) is 0 Å². The number of rotatable bonds is 7. The molecular formula is C28H35N5O3. The van der Waals surface area contributed by atoms with Gasteiger partial charge in [-0.2, -0.15) is 4.98 Å². The van der Waals surface area contributed by atoms with Crippen molar-refractivity contribution in [1.29, 1.82) is 0 Å². The van der Waals surface area contributed by atoms with Gasteiger partial charge in [0.1, 0.15) is 5.60 Å². The summed E-state index contributed by atoms with van der Waals surface area (Å²) in [5, 5.41) is 16.6. The van der Waals surface area contributed by atoms with Crippen molar-refractivity contribution in [2.75, 3.05) is 33.2 Å². The van der Waals surface area contributed by atoms with E-state index >= 15 is 0 Å². The van der Waals surface area contributed by atoms with Gasteiger partial charge in [-0.05, 0) is 30.2 Å². The number of aliphatic hydroxyl groups is 1. The lowest BCUT2D eigenvalue weighted by Gasteiger charge is -2.55. The van der Waals surface area contributed by atoms with Crippen LogP contribution < -0.4 is 0 Å². The Labute approximate surface area is 212 Å². The van der Waals surface area contributed by atoms with Gasteiger partial charge in [-0.25, -0.2) is 0 Å². The Morgan fingerprint density at radius 3 is 2.50 bits per heavy atom. The minimum atomic E-state index is -1.23. The van der Waals surface area contributed by atoms with Crippen molar-refractivity contribution in [3.05, 3.63) is 65.2 Å². The van der Waals surface area contributed by atoms with Crippen LogP contribution in [-0.2, 0) is 16.8 Å². The molecule has 0 aliphatic carbocycles. The van der Waals surface area contributed by atoms with Gasteiger partial charge < -0.3 is 19.4 Å². The maximum Gasteiger partial charge on any atom is 0.259 e. The number of carbonyl (C=O) groups is 1. The van der Waals surface area contributed by atoms with E-state index in [0.717, 1.165) is 31.7 Å². The number of benzene rings is 1. The minimum absolute atomic E-state index is 0.0978. The van der Waals surface area contributed by atoms with Crippen molar-refractivity contribution in [2.45, 2.75) is 45.6 Å². The zero-order chi connectivity index (χ0) is 25.7. The van der Waals surface area contributed by atoms with Gasteiger partial charge >= 0.3 is 0 Å². The number of aromatic nitrogens is 3. The summed E-state index contributed by atoms with van der Waals surface area (Å²) in [5.41, 5.74) is 1.87. The third kappa shape index (κ3) is 4.22. The Hall–Kier alpha value is -3.10. The maximum atomic E-state index is 12.4. The minimum Gasteiger partial charge on any atom is -0.380 e. The van der Waals surface area contributed by atoms with E-state index in [0.29, 0.717) is 41.1 Å². The zero-order valence-corrected chi connectivity index (χ0v) is 21.7. The van der Waals surface area contributed by atoms with Gasteiger partial charge in [-0.3, -0.25) is 9.78 Å². The molecule has 2 aromatic heterocycles. The molecule has 5 rings (SSSR count). The molecular weight excluding hydrogens is 454 g/mol. The summed E-state index contributed by atoms with van der Waals surface area (Å²) in [6, 6.07) is 10.2. The van der Waals surface area contributed by atoms with E-state index in [1.54, 1.807) is 19.3 Å². The van der Waals surface area contributed by atoms with Crippen LogP contribution >= 0.6 is 0 Å². The lowest BCUT2D eigenvalue weighted by atomic mass is 9.62. The van der Waals surface area contributed by atoms with E-state index in [1.807, 2.05) is 23.1 Å². The smallest absolute Gasteiger partial charge is 0.259 e. The van der Waals surface area contributed by atoms with Crippen LogP contribution in [-0.4, -0.2) is 69.2 Å². The van der Waals surface area contributed by atoms with E-state index in [1.165, 1.54) is 5.56 Å². The van der Waals surface area contributed by atoms with Gasteiger partial charge in [-0.1, -0.05) is 50.2 Å². The number of pyridine rings is 1. The molecule has 0 radical (unpaired) electrons. The van der Waals surface area contributed by atoms with E-state index in [-0.39, 0.29) is 11.3 Å². The molecule has 4 heterocycles.